The van der Waals surface area contributed by atoms with E-state index in [0.29, 0.717) is 11.8 Å². The van der Waals surface area contributed by atoms with E-state index in [1.165, 1.54) is 25.7 Å². The van der Waals surface area contributed by atoms with Crippen LogP contribution in [0.5, 0.6) is 0 Å². The number of rotatable bonds is 8. The Morgan fingerprint density at radius 2 is 2.06 bits per heavy atom. The van der Waals surface area contributed by atoms with Gasteiger partial charge in [-0.2, -0.15) is 0 Å². The molecule has 1 aliphatic rings. The van der Waals surface area contributed by atoms with E-state index in [0.717, 1.165) is 32.4 Å². The molecule has 1 fully saturated rings. The lowest BCUT2D eigenvalue weighted by molar-refractivity contribution is -0.122. The predicted octanol–water partition coefficient (Wildman–Crippen LogP) is 2.20. The van der Waals surface area contributed by atoms with E-state index in [-0.39, 0.29) is 5.91 Å². The van der Waals surface area contributed by atoms with Crippen molar-refractivity contribution in [3.63, 3.8) is 0 Å². The summed E-state index contributed by atoms with van der Waals surface area (Å²) < 4.78 is 0. The molecule has 16 heavy (non-hydrogen) atoms. The van der Waals surface area contributed by atoms with Gasteiger partial charge < -0.3 is 11.1 Å². The van der Waals surface area contributed by atoms with Crippen LogP contribution in [0.15, 0.2) is 0 Å². The zero-order valence-corrected chi connectivity index (χ0v) is 10.6. The molecule has 94 valence electrons. The smallest absolute Gasteiger partial charge is 0.220 e. The maximum absolute atomic E-state index is 11.6. The van der Waals surface area contributed by atoms with E-state index in [9.17, 15) is 4.79 Å². The molecule has 3 nitrogen and oxygen atoms in total. The van der Waals surface area contributed by atoms with Crippen LogP contribution in [0.4, 0.5) is 0 Å². The Labute approximate surface area is 99.2 Å². The molecule has 0 aliphatic heterocycles. The average molecular weight is 226 g/mol. The van der Waals surface area contributed by atoms with Gasteiger partial charge in [-0.25, -0.2) is 0 Å². The fraction of sp³-hybridized carbons (Fsp3) is 0.923. The second kappa shape index (κ2) is 6.89. The molecule has 3 N–H and O–H groups in total. The van der Waals surface area contributed by atoms with Gasteiger partial charge in [0.05, 0.1) is 0 Å². The molecule has 1 amide bonds. The number of hydrogen-bond donors (Lipinski definition) is 2. The normalized spacial score (nSPS) is 17.9. The van der Waals surface area contributed by atoms with Crippen LogP contribution in [0, 0.1) is 5.41 Å². The largest absolute Gasteiger partial charge is 0.356 e. The Bertz CT molecular complexity index is 206. The highest BCUT2D eigenvalue weighted by Crippen LogP contribution is 2.42. The van der Waals surface area contributed by atoms with Gasteiger partial charge in [0.15, 0.2) is 0 Å². The Balaban J connectivity index is 2.05. The summed E-state index contributed by atoms with van der Waals surface area (Å²) in [6.07, 6.45) is 8.85. The minimum atomic E-state index is 0.219. The van der Waals surface area contributed by atoms with E-state index in [4.69, 9.17) is 5.73 Å². The first-order chi connectivity index (χ1) is 7.72. The fourth-order valence-electron chi connectivity index (χ4n) is 2.31. The molecule has 0 bridgehead atoms. The summed E-state index contributed by atoms with van der Waals surface area (Å²) in [6.45, 7) is 3.85. The second-order valence-corrected chi connectivity index (χ2v) is 5.08. The molecule has 1 aliphatic carbocycles. The fourth-order valence-corrected chi connectivity index (χ4v) is 2.31. The standard InChI is InChI=1S/C13H26N2O/c1-2-13(8-6-9-13)11-15-12(16)7-4-3-5-10-14/h2-11,14H2,1H3,(H,15,16). The topological polar surface area (TPSA) is 55.1 Å². The Kier molecular flexibility index (Phi) is 5.81. The number of nitrogens with two attached hydrogens (primary N) is 1. The molecule has 0 aromatic heterocycles. The van der Waals surface area contributed by atoms with Crippen LogP contribution in [-0.4, -0.2) is 19.0 Å². The van der Waals surface area contributed by atoms with Gasteiger partial charge in [-0.3, -0.25) is 4.79 Å². The van der Waals surface area contributed by atoms with Gasteiger partial charge in [-0.1, -0.05) is 19.8 Å². The van der Waals surface area contributed by atoms with E-state index >= 15 is 0 Å². The number of hydrogen-bond acceptors (Lipinski definition) is 2. The van der Waals surface area contributed by atoms with Gasteiger partial charge in [-0.05, 0) is 44.1 Å². The first-order valence-corrected chi connectivity index (χ1v) is 6.69. The third-order valence-electron chi connectivity index (χ3n) is 3.93. The molecule has 0 atom stereocenters. The van der Waals surface area contributed by atoms with Crippen LogP contribution in [0.3, 0.4) is 0 Å². The molecule has 0 aromatic rings. The molecule has 0 heterocycles. The van der Waals surface area contributed by atoms with Gasteiger partial charge in [0.2, 0.25) is 5.91 Å². The number of carbonyl (C=O) groups excluding carboxylic acids is 1. The lowest BCUT2D eigenvalue weighted by atomic mass is 9.67. The van der Waals surface area contributed by atoms with Crippen LogP contribution >= 0.6 is 0 Å². The molecule has 0 saturated heterocycles. The van der Waals surface area contributed by atoms with Crippen molar-refractivity contribution in [3.05, 3.63) is 0 Å². The minimum Gasteiger partial charge on any atom is -0.356 e. The molecule has 0 aromatic carbocycles. The van der Waals surface area contributed by atoms with Crippen molar-refractivity contribution in [2.45, 2.75) is 58.3 Å². The van der Waals surface area contributed by atoms with Gasteiger partial charge in [0, 0.05) is 13.0 Å². The van der Waals surface area contributed by atoms with Crippen molar-refractivity contribution in [2.24, 2.45) is 11.1 Å². The molecule has 3 heteroatoms. The first kappa shape index (κ1) is 13.5. The van der Waals surface area contributed by atoms with Gasteiger partial charge in [-0.15, -0.1) is 0 Å². The van der Waals surface area contributed by atoms with Crippen molar-refractivity contribution in [1.29, 1.82) is 0 Å². The van der Waals surface area contributed by atoms with Crippen LogP contribution in [-0.2, 0) is 4.79 Å². The maximum Gasteiger partial charge on any atom is 0.220 e. The third kappa shape index (κ3) is 4.12. The Morgan fingerprint density at radius 1 is 1.31 bits per heavy atom. The molecule has 0 unspecified atom stereocenters. The van der Waals surface area contributed by atoms with E-state index in [2.05, 4.69) is 12.2 Å². The molecule has 0 radical (unpaired) electrons. The summed E-state index contributed by atoms with van der Waals surface area (Å²) >= 11 is 0. The van der Waals surface area contributed by atoms with E-state index in [1.54, 1.807) is 0 Å². The summed E-state index contributed by atoms with van der Waals surface area (Å²) in [7, 11) is 0. The highest BCUT2D eigenvalue weighted by atomic mass is 16.1. The Hall–Kier alpha value is -0.570. The zero-order valence-electron chi connectivity index (χ0n) is 10.6. The lowest BCUT2D eigenvalue weighted by Gasteiger charge is -2.41. The quantitative estimate of drug-likeness (QED) is 0.623. The summed E-state index contributed by atoms with van der Waals surface area (Å²) in [5, 5.41) is 3.08. The van der Waals surface area contributed by atoms with Crippen molar-refractivity contribution < 1.29 is 4.79 Å². The molecule has 1 saturated carbocycles. The van der Waals surface area contributed by atoms with Crippen molar-refractivity contribution in [1.82, 2.24) is 5.32 Å². The van der Waals surface area contributed by atoms with Crippen molar-refractivity contribution in [2.75, 3.05) is 13.1 Å². The first-order valence-electron chi connectivity index (χ1n) is 6.69. The summed E-state index contributed by atoms with van der Waals surface area (Å²) in [5.74, 6) is 0.219. The van der Waals surface area contributed by atoms with Crippen molar-refractivity contribution >= 4 is 5.91 Å². The minimum absolute atomic E-state index is 0.219. The van der Waals surface area contributed by atoms with Crippen molar-refractivity contribution in [3.8, 4) is 0 Å². The molecule has 0 spiro atoms. The van der Waals surface area contributed by atoms with E-state index < -0.39 is 0 Å². The summed E-state index contributed by atoms with van der Waals surface area (Å²) in [4.78, 5) is 11.6. The van der Waals surface area contributed by atoms with Gasteiger partial charge in [0.1, 0.15) is 0 Å². The average Bonchev–Trinajstić information content (AvgIpc) is 2.24. The van der Waals surface area contributed by atoms with Crippen LogP contribution < -0.4 is 11.1 Å². The number of unbranched alkanes of at least 4 members (excludes halogenated alkanes) is 2. The van der Waals surface area contributed by atoms with Crippen LogP contribution in [0.25, 0.3) is 0 Å². The number of nitrogens with one attached hydrogen (secondary N) is 1. The summed E-state index contributed by atoms with van der Waals surface area (Å²) in [6, 6.07) is 0. The molecular formula is C13H26N2O. The van der Waals surface area contributed by atoms with E-state index in [1.807, 2.05) is 0 Å². The summed E-state index contributed by atoms with van der Waals surface area (Å²) in [5.41, 5.74) is 5.84. The SMILES string of the molecule is CCC1(CNC(=O)CCCCCN)CCC1. The van der Waals surface area contributed by atoms with Crippen LogP contribution in [0.1, 0.15) is 58.3 Å². The van der Waals surface area contributed by atoms with Gasteiger partial charge in [0.25, 0.3) is 0 Å². The zero-order chi connectivity index (χ0) is 11.9. The Morgan fingerprint density at radius 3 is 2.56 bits per heavy atom. The lowest BCUT2D eigenvalue weighted by Crippen LogP contribution is -2.41. The monoisotopic (exact) mass is 226 g/mol. The highest BCUT2D eigenvalue weighted by Gasteiger charge is 2.34. The van der Waals surface area contributed by atoms with Crippen LogP contribution in [0.2, 0.25) is 0 Å². The maximum atomic E-state index is 11.6. The third-order valence-corrected chi connectivity index (χ3v) is 3.93. The molecule has 1 rings (SSSR count). The number of amides is 1. The van der Waals surface area contributed by atoms with Gasteiger partial charge >= 0.3 is 0 Å². The highest BCUT2D eigenvalue weighted by molar-refractivity contribution is 5.75. The predicted molar refractivity (Wildman–Crippen MR) is 67.1 cm³/mol. The number of carbonyl (C=O) groups is 1. The second-order valence-electron chi connectivity index (χ2n) is 5.08. The molecular weight excluding hydrogens is 200 g/mol.